The molecule has 65 heavy (non-hydrogen) atoms. The third kappa shape index (κ3) is 5.93. The van der Waals surface area contributed by atoms with Crippen LogP contribution in [0.25, 0.3) is 121 Å². The van der Waals surface area contributed by atoms with Gasteiger partial charge in [0.1, 0.15) is 5.82 Å². The van der Waals surface area contributed by atoms with Crippen molar-refractivity contribution in [2.24, 2.45) is 0 Å². The molecule has 2 nitrogen and oxygen atoms in total. The standard InChI is InChI=1S/C62H39FN2/c63-46-29-31-47(32-30-46)64-57-26-14-13-24-51(57)55-38-56-53(39-60(55)64)49-22-10-11-25-52(49)62(61(56)42-20-8-3-9-21-42)43-28-33-59-54(37-43)50-23-12-15-27-58(50)65(59)48-35-44(40-16-4-1-5-17-40)34-45(36-48)41-18-6-2-7-19-41/h1-39H. The van der Waals surface area contributed by atoms with Crippen LogP contribution in [-0.2, 0) is 0 Å². The third-order valence-corrected chi connectivity index (χ3v) is 13.3. The molecule has 2 aromatic heterocycles. The second-order valence-corrected chi connectivity index (χ2v) is 17.0. The van der Waals surface area contributed by atoms with Crippen LogP contribution >= 0.6 is 0 Å². The van der Waals surface area contributed by atoms with Crippen LogP contribution in [0.5, 0.6) is 0 Å². The van der Waals surface area contributed by atoms with Crippen molar-refractivity contribution in [3.63, 3.8) is 0 Å². The summed E-state index contributed by atoms with van der Waals surface area (Å²) in [5, 5.41) is 9.45. The van der Waals surface area contributed by atoms with E-state index in [0.29, 0.717) is 0 Å². The quantitative estimate of drug-likeness (QED) is 0.148. The summed E-state index contributed by atoms with van der Waals surface area (Å²) < 4.78 is 19.0. The van der Waals surface area contributed by atoms with Crippen LogP contribution in [0.2, 0.25) is 0 Å². The average molecular weight is 831 g/mol. The summed E-state index contributed by atoms with van der Waals surface area (Å²) in [4.78, 5) is 0. The fourth-order valence-electron chi connectivity index (χ4n) is 10.5. The third-order valence-electron chi connectivity index (χ3n) is 13.3. The van der Waals surface area contributed by atoms with E-state index >= 15 is 0 Å². The second kappa shape index (κ2) is 14.8. The number of hydrogen-bond donors (Lipinski definition) is 0. The number of aromatic nitrogens is 2. The van der Waals surface area contributed by atoms with Gasteiger partial charge in [0.2, 0.25) is 0 Å². The highest BCUT2D eigenvalue weighted by atomic mass is 19.1. The highest BCUT2D eigenvalue weighted by Gasteiger charge is 2.23. The van der Waals surface area contributed by atoms with Gasteiger partial charge in [-0.1, -0.05) is 158 Å². The summed E-state index contributed by atoms with van der Waals surface area (Å²) in [5.74, 6) is -0.247. The topological polar surface area (TPSA) is 9.86 Å². The van der Waals surface area contributed by atoms with E-state index in [1.807, 2.05) is 12.1 Å². The van der Waals surface area contributed by atoms with Crippen molar-refractivity contribution in [1.82, 2.24) is 9.13 Å². The van der Waals surface area contributed by atoms with E-state index in [2.05, 4.69) is 221 Å². The van der Waals surface area contributed by atoms with E-state index in [9.17, 15) is 4.39 Å². The molecule has 304 valence electrons. The largest absolute Gasteiger partial charge is 0.309 e. The Hall–Kier alpha value is -8.53. The Morgan fingerprint density at radius 3 is 1.32 bits per heavy atom. The molecule has 0 aliphatic heterocycles. The smallest absolute Gasteiger partial charge is 0.123 e. The van der Waals surface area contributed by atoms with Crippen LogP contribution in [0.1, 0.15) is 0 Å². The molecule has 0 radical (unpaired) electrons. The number of nitrogens with zero attached hydrogens (tertiary/aromatic N) is 2. The Bertz CT molecular complexity index is 3920. The number of rotatable bonds is 6. The normalized spacial score (nSPS) is 11.8. The van der Waals surface area contributed by atoms with Crippen molar-refractivity contribution in [1.29, 1.82) is 0 Å². The Balaban J connectivity index is 1.10. The van der Waals surface area contributed by atoms with Crippen molar-refractivity contribution in [2.45, 2.75) is 0 Å². The first kappa shape index (κ1) is 37.1. The van der Waals surface area contributed by atoms with E-state index < -0.39 is 0 Å². The molecule has 0 unspecified atom stereocenters. The van der Waals surface area contributed by atoms with Crippen molar-refractivity contribution >= 4 is 65.2 Å². The molecule has 11 aromatic carbocycles. The number of fused-ring (bicyclic) bond motifs is 9. The minimum atomic E-state index is -0.247. The van der Waals surface area contributed by atoms with Gasteiger partial charge in [-0.3, -0.25) is 0 Å². The number of halogens is 1. The zero-order chi connectivity index (χ0) is 43.0. The van der Waals surface area contributed by atoms with E-state index in [4.69, 9.17) is 0 Å². The minimum Gasteiger partial charge on any atom is -0.309 e. The van der Waals surface area contributed by atoms with Crippen LogP contribution in [0.3, 0.4) is 0 Å². The van der Waals surface area contributed by atoms with Crippen molar-refractivity contribution in [3.8, 4) is 55.9 Å². The highest BCUT2D eigenvalue weighted by Crippen LogP contribution is 2.48. The molecule has 0 fully saturated rings. The summed E-state index contributed by atoms with van der Waals surface area (Å²) in [6, 6.07) is 84.1. The molecule has 0 N–H and O–H groups in total. The lowest BCUT2D eigenvalue weighted by Crippen LogP contribution is -1.96. The first-order chi connectivity index (χ1) is 32.2. The zero-order valence-corrected chi connectivity index (χ0v) is 35.3. The first-order valence-electron chi connectivity index (χ1n) is 22.2. The molecule has 0 atom stereocenters. The lowest BCUT2D eigenvalue weighted by atomic mass is 9.84. The fraction of sp³-hybridized carbons (Fsp3) is 0. The van der Waals surface area contributed by atoms with E-state index in [1.54, 1.807) is 12.1 Å². The molecule has 0 saturated heterocycles. The summed E-state index contributed by atoms with van der Waals surface area (Å²) >= 11 is 0. The van der Waals surface area contributed by atoms with Crippen LogP contribution in [-0.4, -0.2) is 9.13 Å². The predicted molar refractivity (Wildman–Crippen MR) is 272 cm³/mol. The van der Waals surface area contributed by atoms with Gasteiger partial charge >= 0.3 is 0 Å². The second-order valence-electron chi connectivity index (χ2n) is 17.0. The van der Waals surface area contributed by atoms with Gasteiger partial charge in [-0.25, -0.2) is 4.39 Å². The summed E-state index contributed by atoms with van der Waals surface area (Å²) in [6.45, 7) is 0. The molecule has 0 aliphatic rings. The van der Waals surface area contributed by atoms with Crippen LogP contribution < -0.4 is 0 Å². The molecule has 0 aliphatic carbocycles. The SMILES string of the molecule is Fc1ccc(-n2c3ccccc3c3cc4c(-c5ccccc5)c(-c5ccc6c(c5)c5ccccc5n6-c5cc(-c6ccccc6)cc(-c6ccccc6)c5)c5ccccc5c4cc32)cc1. The van der Waals surface area contributed by atoms with Crippen LogP contribution in [0.4, 0.5) is 4.39 Å². The Labute approximate surface area is 375 Å². The van der Waals surface area contributed by atoms with Gasteiger partial charge in [0.25, 0.3) is 0 Å². The van der Waals surface area contributed by atoms with Crippen molar-refractivity contribution < 1.29 is 4.39 Å². The molecule has 3 heteroatoms. The molecule has 2 heterocycles. The molecule has 13 rings (SSSR count). The van der Waals surface area contributed by atoms with Gasteiger partial charge in [0.05, 0.1) is 22.1 Å². The lowest BCUT2D eigenvalue weighted by Gasteiger charge is -2.19. The van der Waals surface area contributed by atoms with E-state index in [1.165, 1.54) is 65.7 Å². The molecular formula is C62H39FN2. The van der Waals surface area contributed by atoms with Gasteiger partial charge in [-0.15, -0.1) is 0 Å². The number of hydrogen-bond acceptors (Lipinski definition) is 0. The Kier molecular flexibility index (Phi) is 8.44. The first-order valence-corrected chi connectivity index (χ1v) is 22.2. The van der Waals surface area contributed by atoms with Gasteiger partial charge < -0.3 is 9.13 Å². The summed E-state index contributed by atoms with van der Waals surface area (Å²) in [7, 11) is 0. The van der Waals surface area contributed by atoms with Crippen molar-refractivity contribution in [2.75, 3.05) is 0 Å². The minimum absolute atomic E-state index is 0.247. The highest BCUT2D eigenvalue weighted by molar-refractivity contribution is 6.26. The molecule has 0 amide bonds. The molecule has 13 aromatic rings. The predicted octanol–water partition coefficient (Wildman–Crippen LogP) is 17.0. The Morgan fingerprint density at radius 2 is 0.708 bits per heavy atom. The van der Waals surface area contributed by atoms with E-state index in [0.717, 1.165) is 55.3 Å². The van der Waals surface area contributed by atoms with Crippen molar-refractivity contribution in [3.05, 3.63) is 242 Å². The van der Waals surface area contributed by atoms with E-state index in [-0.39, 0.29) is 5.82 Å². The van der Waals surface area contributed by atoms with Gasteiger partial charge in [0.15, 0.2) is 0 Å². The summed E-state index contributed by atoms with van der Waals surface area (Å²) in [6.07, 6.45) is 0. The molecular weight excluding hydrogens is 792 g/mol. The lowest BCUT2D eigenvalue weighted by molar-refractivity contribution is 0.627. The Morgan fingerprint density at radius 1 is 0.231 bits per heavy atom. The van der Waals surface area contributed by atoms with Crippen LogP contribution in [0.15, 0.2) is 237 Å². The summed E-state index contributed by atoms with van der Waals surface area (Å²) in [5.41, 5.74) is 16.0. The zero-order valence-electron chi connectivity index (χ0n) is 35.3. The van der Waals surface area contributed by atoms with Gasteiger partial charge in [-0.2, -0.15) is 0 Å². The number of para-hydroxylation sites is 2. The van der Waals surface area contributed by atoms with Gasteiger partial charge in [-0.05, 0) is 145 Å². The number of benzene rings is 11. The average Bonchev–Trinajstić information content (AvgIpc) is 3.88. The fourth-order valence-corrected chi connectivity index (χ4v) is 10.5. The van der Waals surface area contributed by atoms with Gasteiger partial charge in [0, 0.05) is 32.9 Å². The maximum absolute atomic E-state index is 14.3. The maximum Gasteiger partial charge on any atom is 0.123 e. The molecule has 0 saturated carbocycles. The molecule has 0 spiro atoms. The maximum atomic E-state index is 14.3. The van der Waals surface area contributed by atoms with Crippen LogP contribution in [0, 0.1) is 5.82 Å². The monoisotopic (exact) mass is 830 g/mol. The molecule has 0 bridgehead atoms.